The summed E-state index contributed by atoms with van der Waals surface area (Å²) in [6.07, 6.45) is 1.23. The van der Waals surface area contributed by atoms with Crippen LogP contribution in [0.15, 0.2) is 74.9 Å². The average Bonchev–Trinajstić information content (AvgIpc) is 3.01. The molecule has 8 nitrogen and oxygen atoms in total. The van der Waals surface area contributed by atoms with Crippen molar-refractivity contribution in [2.45, 2.75) is 6.92 Å². The number of hydrogen-bond donors (Lipinski definition) is 2. The number of para-hydroxylation sites is 1. The van der Waals surface area contributed by atoms with Crippen LogP contribution in [0, 0.1) is 0 Å². The van der Waals surface area contributed by atoms with Gasteiger partial charge in [0, 0.05) is 5.02 Å². The molecular weight excluding hydrogens is 408 g/mol. The summed E-state index contributed by atoms with van der Waals surface area (Å²) in [5.74, 6) is -1.06. The Morgan fingerprint density at radius 3 is 2.33 bits per heavy atom. The number of hydrogen-bond acceptors (Lipinski definition) is 5. The van der Waals surface area contributed by atoms with Crippen LogP contribution in [0.4, 0.5) is 5.69 Å². The highest BCUT2D eigenvalue weighted by Crippen LogP contribution is 2.26. The first-order chi connectivity index (χ1) is 14.4. The van der Waals surface area contributed by atoms with Crippen LogP contribution in [0.5, 0.6) is 5.88 Å². The minimum Gasteiger partial charge on any atom is -0.494 e. The molecular formula is C21H15ClN4O4. The van der Waals surface area contributed by atoms with Gasteiger partial charge in [-0.25, -0.2) is 9.36 Å². The molecule has 150 valence electrons. The number of carbonyl (C=O) groups is 1. The van der Waals surface area contributed by atoms with E-state index in [1.807, 2.05) is 6.07 Å². The summed E-state index contributed by atoms with van der Waals surface area (Å²) in [7, 11) is 0. The van der Waals surface area contributed by atoms with Gasteiger partial charge < -0.3 is 5.11 Å². The fourth-order valence-corrected chi connectivity index (χ4v) is 3.20. The fourth-order valence-electron chi connectivity index (χ4n) is 3.07. The van der Waals surface area contributed by atoms with E-state index in [0.29, 0.717) is 22.1 Å². The Bertz CT molecular complexity index is 1320. The summed E-state index contributed by atoms with van der Waals surface area (Å²) in [5.41, 5.74) is -0.531. The van der Waals surface area contributed by atoms with Crippen molar-refractivity contribution in [2.24, 2.45) is 5.10 Å². The zero-order chi connectivity index (χ0) is 21.4. The number of amides is 1. The Morgan fingerprint density at radius 2 is 1.67 bits per heavy atom. The van der Waals surface area contributed by atoms with Gasteiger partial charge in [0.05, 0.1) is 22.7 Å². The number of nitrogens with one attached hydrogen (secondary N) is 1. The summed E-state index contributed by atoms with van der Waals surface area (Å²) in [6.45, 7) is 1.62. The number of anilines is 1. The normalized spacial score (nSPS) is 15.0. The van der Waals surface area contributed by atoms with Crippen molar-refractivity contribution in [1.29, 1.82) is 0 Å². The van der Waals surface area contributed by atoms with Crippen LogP contribution in [0.1, 0.15) is 12.5 Å². The summed E-state index contributed by atoms with van der Waals surface area (Å²) in [6, 6.07) is 14.9. The summed E-state index contributed by atoms with van der Waals surface area (Å²) in [4.78, 5) is 39.7. The standard InChI is InChI=1S/C21H15ClN4O4/c1-12-16(20(29)26(24-12)15-5-3-2-4-6-15)11-17-18(27)23-21(30)25(19(17)28)14-9-7-13(22)8-10-14/h2-11,28H,1H3,(H,23,27,30). The maximum absolute atomic E-state index is 12.9. The van der Waals surface area contributed by atoms with Crippen LogP contribution in [-0.2, 0) is 4.79 Å². The second-order valence-electron chi connectivity index (χ2n) is 6.50. The molecule has 0 fully saturated rings. The first kappa shape index (κ1) is 19.4. The lowest BCUT2D eigenvalue weighted by Crippen LogP contribution is -2.30. The quantitative estimate of drug-likeness (QED) is 0.632. The number of aromatic amines is 1. The molecule has 0 radical (unpaired) electrons. The Hall–Kier alpha value is -3.91. The van der Waals surface area contributed by atoms with Crippen LogP contribution in [-0.4, -0.2) is 26.3 Å². The smallest absolute Gasteiger partial charge is 0.335 e. The molecule has 1 aliphatic heterocycles. The van der Waals surface area contributed by atoms with Gasteiger partial charge in [-0.05, 0) is 49.4 Å². The number of hydrazone groups is 1. The molecule has 0 saturated carbocycles. The number of aromatic hydroxyl groups is 1. The highest BCUT2D eigenvalue weighted by molar-refractivity contribution is 6.32. The monoisotopic (exact) mass is 422 g/mol. The molecule has 0 spiro atoms. The third-order valence-corrected chi connectivity index (χ3v) is 4.81. The number of rotatable bonds is 3. The highest BCUT2D eigenvalue weighted by atomic mass is 35.5. The molecule has 2 heterocycles. The van der Waals surface area contributed by atoms with Crippen LogP contribution < -0.4 is 16.3 Å². The van der Waals surface area contributed by atoms with E-state index in [1.165, 1.54) is 23.2 Å². The van der Waals surface area contributed by atoms with Gasteiger partial charge >= 0.3 is 5.69 Å². The molecule has 4 rings (SSSR count). The van der Waals surface area contributed by atoms with E-state index in [-0.39, 0.29) is 11.1 Å². The topological polar surface area (TPSA) is 108 Å². The van der Waals surface area contributed by atoms with Crippen molar-refractivity contribution in [3.63, 3.8) is 0 Å². The predicted octanol–water partition coefficient (Wildman–Crippen LogP) is 2.69. The molecule has 0 aliphatic carbocycles. The van der Waals surface area contributed by atoms with E-state index in [9.17, 15) is 19.5 Å². The molecule has 0 bridgehead atoms. The maximum Gasteiger partial charge on any atom is 0.335 e. The summed E-state index contributed by atoms with van der Waals surface area (Å²) < 4.78 is 0.922. The molecule has 1 amide bonds. The first-order valence-corrected chi connectivity index (χ1v) is 9.25. The van der Waals surface area contributed by atoms with Crippen molar-refractivity contribution in [2.75, 3.05) is 5.01 Å². The lowest BCUT2D eigenvalue weighted by molar-refractivity contribution is -0.114. The van der Waals surface area contributed by atoms with Gasteiger partial charge in [0.25, 0.3) is 11.5 Å². The van der Waals surface area contributed by atoms with E-state index in [4.69, 9.17) is 11.6 Å². The molecule has 0 saturated heterocycles. The van der Waals surface area contributed by atoms with Crippen LogP contribution in [0.2, 0.25) is 5.02 Å². The summed E-state index contributed by atoms with van der Waals surface area (Å²) >= 11 is 5.87. The van der Waals surface area contributed by atoms with Crippen molar-refractivity contribution >= 4 is 35.0 Å². The minimum atomic E-state index is -0.825. The van der Waals surface area contributed by atoms with Crippen molar-refractivity contribution in [3.05, 3.63) is 91.6 Å². The second-order valence-corrected chi connectivity index (χ2v) is 6.94. The number of aromatic nitrogens is 2. The number of carbonyl (C=O) groups excluding carboxylic acids is 1. The molecule has 2 aromatic carbocycles. The molecule has 1 aromatic heterocycles. The zero-order valence-electron chi connectivity index (χ0n) is 15.7. The number of nitrogens with zero attached hydrogens (tertiary/aromatic N) is 3. The lowest BCUT2D eigenvalue weighted by Gasteiger charge is -2.12. The second kappa shape index (κ2) is 7.49. The van der Waals surface area contributed by atoms with Gasteiger partial charge in [-0.1, -0.05) is 29.8 Å². The van der Waals surface area contributed by atoms with Gasteiger partial charge in [0.1, 0.15) is 5.56 Å². The molecule has 9 heteroatoms. The van der Waals surface area contributed by atoms with Crippen molar-refractivity contribution in [1.82, 2.24) is 9.55 Å². The van der Waals surface area contributed by atoms with E-state index in [2.05, 4.69) is 10.1 Å². The van der Waals surface area contributed by atoms with E-state index in [1.54, 1.807) is 43.3 Å². The van der Waals surface area contributed by atoms with E-state index in [0.717, 1.165) is 4.57 Å². The molecule has 0 unspecified atom stereocenters. The van der Waals surface area contributed by atoms with Crippen molar-refractivity contribution < 1.29 is 9.90 Å². The van der Waals surface area contributed by atoms with Crippen LogP contribution in [0.3, 0.4) is 0 Å². The van der Waals surface area contributed by atoms with Crippen molar-refractivity contribution in [3.8, 4) is 11.6 Å². The minimum absolute atomic E-state index is 0.126. The molecule has 30 heavy (non-hydrogen) atoms. The Morgan fingerprint density at radius 1 is 1.00 bits per heavy atom. The largest absolute Gasteiger partial charge is 0.494 e. The number of H-pyrrole nitrogens is 1. The third kappa shape index (κ3) is 3.33. The Kier molecular flexibility index (Phi) is 4.85. The SMILES string of the molecule is CC1=NN(c2ccccc2)C(=O)C1=Cc1c(O)n(-c2ccc(Cl)cc2)c(=O)[nH]c1=O. The Labute approximate surface area is 175 Å². The zero-order valence-corrected chi connectivity index (χ0v) is 16.4. The Balaban J connectivity index is 1.83. The van der Waals surface area contributed by atoms with Crippen LogP contribution >= 0.6 is 11.6 Å². The van der Waals surface area contributed by atoms with Crippen LogP contribution in [0.25, 0.3) is 11.8 Å². The molecule has 2 N–H and O–H groups in total. The van der Waals surface area contributed by atoms with Gasteiger partial charge in [0.15, 0.2) is 0 Å². The fraction of sp³-hybridized carbons (Fsp3) is 0.0476. The first-order valence-electron chi connectivity index (χ1n) is 8.88. The number of halogens is 1. The maximum atomic E-state index is 12.9. The van der Waals surface area contributed by atoms with Gasteiger partial charge in [0.2, 0.25) is 5.88 Å². The van der Waals surface area contributed by atoms with E-state index >= 15 is 0 Å². The van der Waals surface area contributed by atoms with Gasteiger partial charge in [-0.15, -0.1) is 0 Å². The lowest BCUT2D eigenvalue weighted by atomic mass is 10.1. The number of benzene rings is 2. The van der Waals surface area contributed by atoms with Gasteiger partial charge in [-0.3, -0.25) is 14.6 Å². The van der Waals surface area contributed by atoms with Gasteiger partial charge in [-0.2, -0.15) is 10.1 Å². The molecule has 0 atom stereocenters. The predicted molar refractivity (Wildman–Crippen MR) is 114 cm³/mol. The van der Waals surface area contributed by atoms with E-state index < -0.39 is 23.0 Å². The molecule has 1 aliphatic rings. The highest BCUT2D eigenvalue weighted by Gasteiger charge is 2.29. The third-order valence-electron chi connectivity index (χ3n) is 4.56. The molecule has 3 aromatic rings. The summed E-state index contributed by atoms with van der Waals surface area (Å²) in [5, 5.41) is 16.6. The average molecular weight is 423 g/mol.